The van der Waals surface area contributed by atoms with E-state index in [0.717, 1.165) is 16.0 Å². The zero-order valence-corrected chi connectivity index (χ0v) is 16.9. The molecule has 0 fully saturated rings. The molecular weight excluding hydrogens is 378 g/mol. The van der Waals surface area contributed by atoms with Gasteiger partial charge in [-0.2, -0.15) is 0 Å². The van der Waals surface area contributed by atoms with E-state index < -0.39 is 17.8 Å². The average molecular weight is 401 g/mol. The first-order valence-corrected chi connectivity index (χ1v) is 9.80. The van der Waals surface area contributed by atoms with E-state index in [1.165, 1.54) is 11.8 Å². The molecule has 0 saturated heterocycles. The molecule has 0 spiro atoms. The van der Waals surface area contributed by atoms with E-state index in [2.05, 4.69) is 5.32 Å². The van der Waals surface area contributed by atoms with Crippen LogP contribution < -0.4 is 5.32 Å². The van der Waals surface area contributed by atoms with Gasteiger partial charge in [0.15, 0.2) is 6.61 Å². The highest BCUT2D eigenvalue weighted by molar-refractivity contribution is 8.00. The Kier molecular flexibility index (Phi) is 8.07. The zero-order chi connectivity index (χ0) is 20.5. The standard InChI is InChI=1S/C21H23NO5S/c1-4-26-21(25)16-6-8-17(9-7-16)22-19(23)12-27-20(24)13-28-18-10-5-14(2)11-15(18)3/h5-11H,4,12-13H2,1-3H3,(H,22,23). The van der Waals surface area contributed by atoms with Crippen molar-refractivity contribution >= 4 is 35.3 Å². The number of amides is 1. The lowest BCUT2D eigenvalue weighted by Crippen LogP contribution is -2.21. The van der Waals surface area contributed by atoms with Crippen molar-refractivity contribution in [2.24, 2.45) is 0 Å². The minimum Gasteiger partial charge on any atom is -0.462 e. The minimum atomic E-state index is -0.460. The van der Waals surface area contributed by atoms with Gasteiger partial charge in [0, 0.05) is 10.6 Å². The third-order valence-corrected chi connectivity index (χ3v) is 4.87. The number of rotatable bonds is 8. The summed E-state index contributed by atoms with van der Waals surface area (Å²) in [6.45, 7) is 5.66. The Morgan fingerprint density at radius 2 is 1.71 bits per heavy atom. The summed E-state index contributed by atoms with van der Waals surface area (Å²) in [5.41, 5.74) is 3.16. The summed E-state index contributed by atoms with van der Waals surface area (Å²) < 4.78 is 9.91. The molecule has 0 heterocycles. The number of thioether (sulfide) groups is 1. The van der Waals surface area contributed by atoms with Gasteiger partial charge in [0.1, 0.15) is 0 Å². The quantitative estimate of drug-likeness (QED) is 0.536. The molecule has 6 nitrogen and oxygen atoms in total. The summed E-state index contributed by atoms with van der Waals surface area (Å²) >= 11 is 1.38. The predicted molar refractivity (Wildman–Crippen MR) is 109 cm³/mol. The molecule has 148 valence electrons. The summed E-state index contributed by atoms with van der Waals surface area (Å²) in [7, 11) is 0. The Balaban J connectivity index is 1.75. The molecule has 2 aromatic rings. The summed E-state index contributed by atoms with van der Waals surface area (Å²) in [6, 6.07) is 12.3. The molecule has 2 rings (SSSR count). The van der Waals surface area contributed by atoms with Crippen molar-refractivity contribution in [1.29, 1.82) is 0 Å². The molecular formula is C21H23NO5S. The number of aryl methyl sites for hydroxylation is 2. The van der Waals surface area contributed by atoms with Gasteiger partial charge in [0.25, 0.3) is 5.91 Å². The Labute approximate surface area is 168 Å². The fraction of sp³-hybridized carbons (Fsp3) is 0.286. The maximum atomic E-state index is 11.9. The summed E-state index contributed by atoms with van der Waals surface area (Å²) in [5, 5.41) is 2.61. The van der Waals surface area contributed by atoms with Gasteiger partial charge in [-0.15, -0.1) is 11.8 Å². The number of anilines is 1. The molecule has 0 aliphatic heterocycles. The largest absolute Gasteiger partial charge is 0.462 e. The first kappa shape index (κ1) is 21.5. The highest BCUT2D eigenvalue weighted by atomic mass is 32.2. The highest BCUT2D eigenvalue weighted by Crippen LogP contribution is 2.23. The van der Waals surface area contributed by atoms with Gasteiger partial charge in [0.05, 0.1) is 17.9 Å². The second-order valence-corrected chi connectivity index (χ2v) is 7.08. The van der Waals surface area contributed by atoms with Crippen LogP contribution in [0.4, 0.5) is 5.69 Å². The number of benzene rings is 2. The fourth-order valence-corrected chi connectivity index (χ4v) is 3.19. The molecule has 28 heavy (non-hydrogen) atoms. The monoisotopic (exact) mass is 401 g/mol. The highest BCUT2D eigenvalue weighted by Gasteiger charge is 2.11. The van der Waals surface area contributed by atoms with Gasteiger partial charge in [-0.25, -0.2) is 4.79 Å². The molecule has 7 heteroatoms. The van der Waals surface area contributed by atoms with Crippen molar-refractivity contribution in [1.82, 2.24) is 0 Å². The van der Waals surface area contributed by atoms with Crippen molar-refractivity contribution in [2.45, 2.75) is 25.7 Å². The summed E-state index contributed by atoms with van der Waals surface area (Å²) in [6.07, 6.45) is 0. The Morgan fingerprint density at radius 3 is 2.36 bits per heavy atom. The van der Waals surface area contributed by atoms with E-state index in [1.54, 1.807) is 31.2 Å². The smallest absolute Gasteiger partial charge is 0.338 e. The lowest BCUT2D eigenvalue weighted by atomic mass is 10.2. The first-order chi connectivity index (χ1) is 13.4. The molecule has 0 saturated carbocycles. The van der Waals surface area contributed by atoms with Crippen LogP contribution in [0.3, 0.4) is 0 Å². The zero-order valence-electron chi connectivity index (χ0n) is 16.1. The van der Waals surface area contributed by atoms with Crippen molar-refractivity contribution < 1.29 is 23.9 Å². The van der Waals surface area contributed by atoms with E-state index in [9.17, 15) is 14.4 Å². The molecule has 2 aromatic carbocycles. The van der Waals surface area contributed by atoms with E-state index in [0.29, 0.717) is 17.9 Å². The number of carbonyl (C=O) groups is 3. The van der Waals surface area contributed by atoms with E-state index in [1.807, 2.05) is 32.0 Å². The molecule has 0 unspecified atom stereocenters. The molecule has 0 atom stereocenters. The lowest BCUT2D eigenvalue weighted by Gasteiger charge is -2.08. The van der Waals surface area contributed by atoms with Crippen molar-refractivity contribution in [3.8, 4) is 0 Å². The molecule has 1 N–H and O–H groups in total. The first-order valence-electron chi connectivity index (χ1n) is 8.81. The normalized spacial score (nSPS) is 10.2. The fourth-order valence-electron chi connectivity index (χ4n) is 2.39. The van der Waals surface area contributed by atoms with Gasteiger partial charge in [-0.1, -0.05) is 17.7 Å². The van der Waals surface area contributed by atoms with Crippen LogP contribution in [0.25, 0.3) is 0 Å². The Hall–Kier alpha value is -2.80. The van der Waals surface area contributed by atoms with Crippen LogP contribution in [0, 0.1) is 13.8 Å². The lowest BCUT2D eigenvalue weighted by molar-refractivity contribution is -0.144. The van der Waals surface area contributed by atoms with Crippen molar-refractivity contribution in [3.63, 3.8) is 0 Å². The maximum Gasteiger partial charge on any atom is 0.338 e. The number of ether oxygens (including phenoxy) is 2. The third kappa shape index (κ3) is 6.74. The Morgan fingerprint density at radius 1 is 1.00 bits per heavy atom. The molecule has 0 aliphatic carbocycles. The molecule has 0 radical (unpaired) electrons. The van der Waals surface area contributed by atoms with Gasteiger partial charge in [-0.3, -0.25) is 9.59 Å². The van der Waals surface area contributed by atoms with E-state index >= 15 is 0 Å². The number of hydrogen-bond acceptors (Lipinski definition) is 6. The predicted octanol–water partition coefficient (Wildman–Crippen LogP) is 3.75. The third-order valence-electron chi connectivity index (χ3n) is 3.72. The van der Waals surface area contributed by atoms with Crippen LogP contribution in [0.5, 0.6) is 0 Å². The number of hydrogen-bond donors (Lipinski definition) is 1. The molecule has 0 aliphatic rings. The van der Waals surface area contributed by atoms with Crippen LogP contribution >= 0.6 is 11.8 Å². The second kappa shape index (κ2) is 10.5. The number of esters is 2. The van der Waals surface area contributed by atoms with Gasteiger partial charge in [-0.05, 0) is 56.7 Å². The Bertz CT molecular complexity index is 848. The van der Waals surface area contributed by atoms with Gasteiger partial charge >= 0.3 is 11.9 Å². The van der Waals surface area contributed by atoms with Crippen LogP contribution in [0.15, 0.2) is 47.4 Å². The topological polar surface area (TPSA) is 81.7 Å². The molecule has 1 amide bonds. The maximum absolute atomic E-state index is 11.9. The van der Waals surface area contributed by atoms with Gasteiger partial charge in [0.2, 0.25) is 0 Å². The molecule has 0 aromatic heterocycles. The number of nitrogens with one attached hydrogen (secondary N) is 1. The van der Waals surface area contributed by atoms with E-state index in [4.69, 9.17) is 9.47 Å². The van der Waals surface area contributed by atoms with Crippen molar-refractivity contribution in [2.75, 3.05) is 24.3 Å². The molecule has 0 bridgehead atoms. The van der Waals surface area contributed by atoms with Crippen LogP contribution in [0.2, 0.25) is 0 Å². The average Bonchev–Trinajstić information content (AvgIpc) is 2.66. The minimum absolute atomic E-state index is 0.130. The van der Waals surface area contributed by atoms with Crippen molar-refractivity contribution in [3.05, 3.63) is 59.2 Å². The second-order valence-electron chi connectivity index (χ2n) is 6.06. The van der Waals surface area contributed by atoms with Crippen LogP contribution in [-0.2, 0) is 19.1 Å². The van der Waals surface area contributed by atoms with Crippen LogP contribution in [0.1, 0.15) is 28.4 Å². The number of carbonyl (C=O) groups excluding carboxylic acids is 3. The van der Waals surface area contributed by atoms with Gasteiger partial charge < -0.3 is 14.8 Å². The summed E-state index contributed by atoms with van der Waals surface area (Å²) in [5.74, 6) is -1.20. The SMILES string of the molecule is CCOC(=O)c1ccc(NC(=O)COC(=O)CSc2ccc(C)cc2C)cc1. The van der Waals surface area contributed by atoms with E-state index in [-0.39, 0.29) is 12.4 Å². The van der Waals surface area contributed by atoms with Crippen LogP contribution in [-0.4, -0.2) is 36.8 Å². The summed E-state index contributed by atoms with van der Waals surface area (Å²) in [4.78, 5) is 36.4.